The van der Waals surface area contributed by atoms with Gasteiger partial charge < -0.3 is 9.47 Å². The molecule has 1 aliphatic rings. The Kier molecular flexibility index (Phi) is 2.42. The number of aryl methyl sites for hydroxylation is 1. The molecule has 2 rings (SSSR count). The lowest BCUT2D eigenvalue weighted by atomic mass is 10.2. The van der Waals surface area contributed by atoms with Gasteiger partial charge in [-0.2, -0.15) is 13.8 Å². The molecule has 1 aromatic heterocycles. The summed E-state index contributed by atoms with van der Waals surface area (Å²) in [4.78, 5) is 15.8. The summed E-state index contributed by atoms with van der Waals surface area (Å²) in [5.41, 5.74) is -0.147. The molecule has 0 spiro atoms. The zero-order chi connectivity index (χ0) is 11.0. The highest BCUT2D eigenvalue weighted by Gasteiger charge is 2.25. The Morgan fingerprint density at radius 2 is 2.20 bits per heavy atom. The molecule has 0 aliphatic carbocycles. The maximum atomic E-state index is 12.7. The second-order valence-electron chi connectivity index (χ2n) is 3.52. The molecule has 6 heteroatoms. The molecule has 0 unspecified atom stereocenters. The Hall–Kier alpha value is -1.46. The molecule has 1 aliphatic heterocycles. The van der Waals surface area contributed by atoms with Crippen molar-refractivity contribution in [3.8, 4) is 0 Å². The number of rotatable bonds is 1. The molecular weight excluding hydrogens is 204 g/mol. The number of halogens is 2. The van der Waals surface area contributed by atoms with E-state index in [2.05, 4.69) is 4.98 Å². The van der Waals surface area contributed by atoms with E-state index in [1.807, 2.05) is 0 Å². The van der Waals surface area contributed by atoms with E-state index in [1.165, 1.54) is 13.3 Å². The Labute approximate surface area is 85.2 Å². The Morgan fingerprint density at radius 1 is 1.47 bits per heavy atom. The zero-order valence-electron chi connectivity index (χ0n) is 8.28. The number of anilines is 1. The number of fused-ring (bicyclic) bond motifs is 1. The van der Waals surface area contributed by atoms with Crippen LogP contribution in [0.25, 0.3) is 0 Å². The monoisotopic (exact) mass is 215 g/mol. The van der Waals surface area contributed by atoms with Crippen LogP contribution in [0.2, 0.25) is 0 Å². The van der Waals surface area contributed by atoms with Crippen molar-refractivity contribution in [2.24, 2.45) is 0 Å². The summed E-state index contributed by atoms with van der Waals surface area (Å²) in [6.45, 7) is -0.131. The second-order valence-corrected chi connectivity index (χ2v) is 3.52. The highest BCUT2D eigenvalue weighted by molar-refractivity contribution is 5.47. The molecule has 2 heterocycles. The fraction of sp³-hybridized carbons (Fsp3) is 0.556. The predicted molar refractivity (Wildman–Crippen MR) is 51.2 cm³/mol. The third-order valence-corrected chi connectivity index (χ3v) is 2.55. The normalized spacial score (nSPS) is 15.6. The number of nitrogens with zero attached hydrogens (tertiary/aromatic N) is 3. The van der Waals surface area contributed by atoms with Gasteiger partial charge in [-0.05, 0) is 13.3 Å². The number of aromatic nitrogens is 2. The van der Waals surface area contributed by atoms with Crippen molar-refractivity contribution in [1.29, 1.82) is 0 Å². The molecule has 0 bridgehead atoms. The van der Waals surface area contributed by atoms with Crippen LogP contribution in [0.4, 0.5) is 14.6 Å². The molecule has 0 saturated carbocycles. The van der Waals surface area contributed by atoms with E-state index >= 15 is 0 Å². The molecule has 1 aromatic rings. The first kappa shape index (κ1) is 10.1. The first-order valence-electron chi connectivity index (χ1n) is 4.72. The van der Waals surface area contributed by atoms with Crippen LogP contribution in [0.1, 0.15) is 12.0 Å². The Morgan fingerprint density at radius 3 is 2.87 bits per heavy atom. The largest absolute Gasteiger partial charge is 0.318 e. The highest BCUT2D eigenvalue weighted by atomic mass is 19.3. The van der Waals surface area contributed by atoms with E-state index in [9.17, 15) is 13.6 Å². The third kappa shape index (κ3) is 1.60. The maximum Gasteiger partial charge on any atom is 0.316 e. The number of alkyl halides is 2. The maximum absolute atomic E-state index is 12.7. The average Bonchev–Trinajstić information content (AvgIpc) is 2.23. The van der Waals surface area contributed by atoms with Crippen LogP contribution in [0.15, 0.2) is 11.1 Å². The standard InChI is InChI=1S/C9H11F2N3O/c1-6-7(15)12-5-13-3-2-4-14(8(6)13)9(10)11/h5,9H,2-4H2,1H3. The van der Waals surface area contributed by atoms with Gasteiger partial charge in [0, 0.05) is 13.1 Å². The zero-order valence-corrected chi connectivity index (χ0v) is 8.28. The molecule has 0 N–H and O–H groups in total. The van der Waals surface area contributed by atoms with Crippen molar-refractivity contribution in [3.05, 3.63) is 22.2 Å². The third-order valence-electron chi connectivity index (χ3n) is 2.55. The van der Waals surface area contributed by atoms with Gasteiger partial charge in [-0.15, -0.1) is 0 Å². The molecule has 0 saturated heterocycles. The first-order valence-corrected chi connectivity index (χ1v) is 4.72. The van der Waals surface area contributed by atoms with E-state index in [0.29, 0.717) is 18.8 Å². The number of hydrogen-bond acceptors (Lipinski definition) is 3. The van der Waals surface area contributed by atoms with E-state index in [4.69, 9.17) is 0 Å². The van der Waals surface area contributed by atoms with Crippen molar-refractivity contribution in [1.82, 2.24) is 9.55 Å². The van der Waals surface area contributed by atoms with E-state index in [1.54, 1.807) is 4.57 Å². The van der Waals surface area contributed by atoms with E-state index in [0.717, 1.165) is 4.90 Å². The second kappa shape index (κ2) is 3.60. The minimum atomic E-state index is -2.57. The smallest absolute Gasteiger partial charge is 0.316 e. The molecule has 4 nitrogen and oxygen atoms in total. The molecule has 0 amide bonds. The van der Waals surface area contributed by atoms with Gasteiger partial charge in [-0.3, -0.25) is 4.79 Å². The fourth-order valence-electron chi connectivity index (χ4n) is 1.84. The van der Waals surface area contributed by atoms with Crippen molar-refractivity contribution in [2.75, 3.05) is 11.4 Å². The van der Waals surface area contributed by atoms with Crippen LogP contribution in [0.5, 0.6) is 0 Å². The van der Waals surface area contributed by atoms with Crippen LogP contribution in [-0.2, 0) is 6.54 Å². The summed E-state index contributed by atoms with van der Waals surface area (Å²) in [7, 11) is 0. The first-order chi connectivity index (χ1) is 7.11. The fourth-order valence-corrected chi connectivity index (χ4v) is 1.84. The van der Waals surface area contributed by atoms with Crippen LogP contribution in [-0.4, -0.2) is 22.6 Å². The van der Waals surface area contributed by atoms with Gasteiger partial charge in [-0.25, -0.2) is 0 Å². The lowest BCUT2D eigenvalue weighted by Gasteiger charge is -2.32. The van der Waals surface area contributed by atoms with Crippen molar-refractivity contribution >= 4 is 5.82 Å². The summed E-state index contributed by atoms with van der Waals surface area (Å²) in [5, 5.41) is 0. The van der Waals surface area contributed by atoms with Gasteiger partial charge in [0.15, 0.2) is 0 Å². The Balaban J connectivity index is 2.58. The van der Waals surface area contributed by atoms with Crippen LogP contribution in [0, 0.1) is 6.92 Å². The van der Waals surface area contributed by atoms with Crippen LogP contribution >= 0.6 is 0 Å². The molecule has 0 radical (unpaired) electrons. The highest BCUT2D eigenvalue weighted by Crippen LogP contribution is 2.24. The van der Waals surface area contributed by atoms with Crippen molar-refractivity contribution < 1.29 is 8.78 Å². The van der Waals surface area contributed by atoms with Crippen LogP contribution < -0.4 is 10.5 Å². The van der Waals surface area contributed by atoms with Crippen molar-refractivity contribution in [2.45, 2.75) is 26.4 Å². The summed E-state index contributed by atoms with van der Waals surface area (Å²) >= 11 is 0. The van der Waals surface area contributed by atoms with Crippen LogP contribution in [0.3, 0.4) is 0 Å². The molecule has 0 fully saturated rings. The summed E-state index contributed by atoms with van der Waals surface area (Å²) < 4.78 is 27.0. The lowest BCUT2D eigenvalue weighted by Crippen LogP contribution is -2.39. The van der Waals surface area contributed by atoms with Gasteiger partial charge in [-0.1, -0.05) is 0 Å². The topological polar surface area (TPSA) is 38.1 Å². The Bertz CT molecular complexity index is 430. The van der Waals surface area contributed by atoms with Gasteiger partial charge in [0.2, 0.25) is 0 Å². The molecule has 15 heavy (non-hydrogen) atoms. The molecular formula is C9H11F2N3O. The minimum absolute atomic E-state index is 0.280. The van der Waals surface area contributed by atoms with Gasteiger partial charge in [0.25, 0.3) is 5.56 Å². The molecule has 0 aromatic carbocycles. The van der Waals surface area contributed by atoms with Gasteiger partial charge in [0.05, 0.1) is 5.56 Å². The summed E-state index contributed by atoms with van der Waals surface area (Å²) in [5.74, 6) is 0.302. The predicted octanol–water partition coefficient (Wildman–Crippen LogP) is 0.984. The average molecular weight is 215 g/mol. The van der Waals surface area contributed by atoms with E-state index < -0.39 is 12.1 Å². The quantitative estimate of drug-likeness (QED) is 0.655. The molecule has 0 atom stereocenters. The lowest BCUT2D eigenvalue weighted by molar-refractivity contribution is 0.135. The minimum Gasteiger partial charge on any atom is -0.318 e. The van der Waals surface area contributed by atoms with E-state index in [-0.39, 0.29) is 12.1 Å². The summed E-state index contributed by atoms with van der Waals surface area (Å²) in [6, 6.07) is 0. The van der Waals surface area contributed by atoms with Gasteiger partial charge >= 0.3 is 6.55 Å². The summed E-state index contributed by atoms with van der Waals surface area (Å²) in [6.07, 6.45) is 1.97. The SMILES string of the molecule is Cc1c2n(cnc1=O)CCCN2C(F)F. The van der Waals surface area contributed by atoms with Gasteiger partial charge in [0.1, 0.15) is 12.1 Å². The van der Waals surface area contributed by atoms with Crippen molar-refractivity contribution in [3.63, 3.8) is 0 Å². The number of hydrogen-bond donors (Lipinski definition) is 0. The molecule has 82 valence electrons.